The molecule has 0 aliphatic carbocycles. The van der Waals surface area contributed by atoms with Gasteiger partial charge in [-0.15, -0.1) is 0 Å². The van der Waals surface area contributed by atoms with E-state index in [1.165, 1.54) is 18.2 Å². The first-order valence-electron chi connectivity index (χ1n) is 6.33. The number of sulfonamides is 1. The largest absolute Gasteiger partial charge is 0.283 e. The fourth-order valence-electron chi connectivity index (χ4n) is 1.95. The molecule has 0 saturated carbocycles. The molecule has 2 aromatic rings. The van der Waals surface area contributed by atoms with Gasteiger partial charge in [-0.1, -0.05) is 43.3 Å². The number of benzene rings is 2. The fourth-order valence-corrected chi connectivity index (χ4v) is 3.20. The Morgan fingerprint density at radius 2 is 1.60 bits per heavy atom. The maximum Gasteiger partial charge on any atom is 0.237 e. The summed E-state index contributed by atoms with van der Waals surface area (Å²) in [7, 11) is -3.63. The van der Waals surface area contributed by atoms with E-state index in [1.807, 2.05) is 19.1 Å². The van der Waals surface area contributed by atoms with Gasteiger partial charge in [-0.2, -0.15) is 0 Å². The van der Waals surface area contributed by atoms with Crippen LogP contribution in [0.5, 0.6) is 0 Å². The zero-order valence-electron chi connectivity index (χ0n) is 11.1. The monoisotopic (exact) mass is 293 g/mol. The molecule has 0 fully saturated rings. The minimum atomic E-state index is -3.63. The van der Waals surface area contributed by atoms with Crippen molar-refractivity contribution in [2.45, 2.75) is 19.1 Å². The predicted octanol–water partition coefficient (Wildman–Crippen LogP) is 3.33. The van der Waals surface area contributed by atoms with Crippen LogP contribution in [-0.2, 0) is 22.2 Å². The van der Waals surface area contributed by atoms with Crippen LogP contribution in [0.2, 0.25) is 0 Å². The number of halogens is 1. The van der Waals surface area contributed by atoms with E-state index in [2.05, 4.69) is 4.72 Å². The molecule has 0 heterocycles. The van der Waals surface area contributed by atoms with Crippen molar-refractivity contribution in [3.05, 3.63) is 65.5 Å². The van der Waals surface area contributed by atoms with Crippen LogP contribution in [0.4, 0.5) is 10.1 Å². The molecule has 0 amide bonds. The van der Waals surface area contributed by atoms with E-state index >= 15 is 0 Å². The summed E-state index contributed by atoms with van der Waals surface area (Å²) in [5, 5.41) is 0. The van der Waals surface area contributed by atoms with Crippen LogP contribution in [-0.4, -0.2) is 8.42 Å². The third-order valence-corrected chi connectivity index (χ3v) is 4.19. The quantitative estimate of drug-likeness (QED) is 0.919. The summed E-state index contributed by atoms with van der Waals surface area (Å²) in [6, 6.07) is 13.1. The minimum Gasteiger partial charge on any atom is -0.283 e. The number of anilines is 1. The van der Waals surface area contributed by atoms with Gasteiger partial charge in [0, 0.05) is 5.56 Å². The van der Waals surface area contributed by atoms with E-state index in [4.69, 9.17) is 0 Å². The van der Waals surface area contributed by atoms with Gasteiger partial charge >= 0.3 is 0 Å². The summed E-state index contributed by atoms with van der Waals surface area (Å²) in [5.74, 6) is -0.890. The molecule has 0 unspecified atom stereocenters. The molecular weight excluding hydrogens is 277 g/mol. The van der Waals surface area contributed by atoms with Crippen molar-refractivity contribution in [2.75, 3.05) is 4.72 Å². The van der Waals surface area contributed by atoms with Crippen LogP contribution >= 0.6 is 0 Å². The summed E-state index contributed by atoms with van der Waals surface area (Å²) in [5.41, 5.74) is 1.62. The molecule has 1 N–H and O–H groups in total. The molecule has 0 aromatic heterocycles. The molecule has 0 atom stereocenters. The third-order valence-electron chi connectivity index (χ3n) is 2.97. The highest BCUT2D eigenvalue weighted by molar-refractivity contribution is 7.91. The van der Waals surface area contributed by atoms with Crippen LogP contribution in [0.25, 0.3) is 0 Å². The lowest BCUT2D eigenvalue weighted by Crippen LogP contribution is -2.16. The van der Waals surface area contributed by atoms with E-state index in [1.54, 1.807) is 18.2 Å². The Balaban J connectivity index is 2.22. The molecule has 0 aliphatic heterocycles. The highest BCUT2D eigenvalue weighted by Gasteiger charge is 2.15. The Labute approximate surface area is 118 Å². The van der Waals surface area contributed by atoms with Crippen molar-refractivity contribution < 1.29 is 12.8 Å². The SMILES string of the molecule is CCc1ccccc1NS(=O)(=O)Cc1ccccc1F. The average Bonchev–Trinajstić information content (AvgIpc) is 2.41. The van der Waals surface area contributed by atoms with Gasteiger partial charge in [0.1, 0.15) is 5.82 Å². The van der Waals surface area contributed by atoms with Gasteiger partial charge in [0.25, 0.3) is 0 Å². The molecule has 2 aromatic carbocycles. The van der Waals surface area contributed by atoms with Crippen molar-refractivity contribution in [3.63, 3.8) is 0 Å². The van der Waals surface area contributed by atoms with Crippen LogP contribution < -0.4 is 4.72 Å². The van der Waals surface area contributed by atoms with Gasteiger partial charge in [-0.25, -0.2) is 12.8 Å². The highest BCUT2D eigenvalue weighted by Crippen LogP contribution is 2.19. The van der Waals surface area contributed by atoms with Gasteiger partial charge in [0.05, 0.1) is 11.4 Å². The zero-order chi connectivity index (χ0) is 14.6. The highest BCUT2D eigenvalue weighted by atomic mass is 32.2. The summed E-state index contributed by atoms with van der Waals surface area (Å²) < 4.78 is 40.3. The van der Waals surface area contributed by atoms with E-state index in [0.717, 1.165) is 12.0 Å². The van der Waals surface area contributed by atoms with Gasteiger partial charge < -0.3 is 0 Å². The molecular formula is C15H16FNO2S. The first-order valence-corrected chi connectivity index (χ1v) is 7.99. The van der Waals surface area contributed by atoms with E-state index in [9.17, 15) is 12.8 Å². The van der Waals surface area contributed by atoms with Crippen molar-refractivity contribution >= 4 is 15.7 Å². The summed E-state index contributed by atoms with van der Waals surface area (Å²) in [4.78, 5) is 0. The molecule has 0 saturated heterocycles. The van der Waals surface area contributed by atoms with Crippen molar-refractivity contribution in [2.24, 2.45) is 0 Å². The second-order valence-corrected chi connectivity index (χ2v) is 6.19. The van der Waals surface area contributed by atoms with Crippen molar-refractivity contribution in [1.29, 1.82) is 0 Å². The lowest BCUT2D eigenvalue weighted by atomic mass is 10.1. The Bertz CT molecular complexity index is 699. The topological polar surface area (TPSA) is 46.2 Å². The first kappa shape index (κ1) is 14.5. The summed E-state index contributed by atoms with van der Waals surface area (Å²) in [6.45, 7) is 1.95. The average molecular weight is 293 g/mol. The first-order chi connectivity index (χ1) is 9.52. The third kappa shape index (κ3) is 3.57. The van der Waals surface area contributed by atoms with Gasteiger partial charge in [0.2, 0.25) is 10.0 Å². The van der Waals surface area contributed by atoms with Crippen molar-refractivity contribution in [1.82, 2.24) is 0 Å². The summed E-state index contributed by atoms with van der Waals surface area (Å²) >= 11 is 0. The van der Waals surface area contributed by atoms with Crippen LogP contribution in [0.3, 0.4) is 0 Å². The van der Waals surface area contributed by atoms with Gasteiger partial charge in [0.15, 0.2) is 0 Å². The van der Waals surface area contributed by atoms with Crippen LogP contribution in [0.1, 0.15) is 18.1 Å². The van der Waals surface area contributed by atoms with Crippen molar-refractivity contribution in [3.8, 4) is 0 Å². The smallest absolute Gasteiger partial charge is 0.237 e. The number of aryl methyl sites for hydroxylation is 1. The minimum absolute atomic E-state index is 0.161. The summed E-state index contributed by atoms with van der Waals surface area (Å²) in [6.07, 6.45) is 0.721. The lowest BCUT2D eigenvalue weighted by Gasteiger charge is -2.11. The standard InChI is InChI=1S/C15H16FNO2S/c1-2-12-7-4-6-10-15(12)17-20(18,19)11-13-8-3-5-9-14(13)16/h3-10,17H,2,11H2,1H3. The molecule has 0 aliphatic rings. The number of hydrogen-bond acceptors (Lipinski definition) is 2. The Kier molecular flexibility index (Phi) is 4.39. The van der Waals surface area contributed by atoms with Gasteiger partial charge in [-0.3, -0.25) is 4.72 Å². The molecule has 20 heavy (non-hydrogen) atoms. The second-order valence-electron chi connectivity index (χ2n) is 4.46. The number of nitrogens with one attached hydrogen (secondary N) is 1. The second kappa shape index (κ2) is 6.05. The Morgan fingerprint density at radius 1 is 1.00 bits per heavy atom. The van der Waals surface area contributed by atoms with Crippen LogP contribution in [0.15, 0.2) is 48.5 Å². The number of rotatable bonds is 5. The molecule has 5 heteroatoms. The Hall–Kier alpha value is -1.88. The molecule has 3 nitrogen and oxygen atoms in total. The molecule has 0 spiro atoms. The normalized spacial score (nSPS) is 11.3. The predicted molar refractivity (Wildman–Crippen MR) is 78.5 cm³/mol. The zero-order valence-corrected chi connectivity index (χ0v) is 12.0. The molecule has 106 valence electrons. The maximum atomic E-state index is 13.5. The molecule has 0 bridgehead atoms. The number of para-hydroxylation sites is 1. The molecule has 0 radical (unpaired) electrons. The number of hydrogen-bond donors (Lipinski definition) is 1. The van der Waals surface area contributed by atoms with Crippen LogP contribution in [0, 0.1) is 5.82 Å². The van der Waals surface area contributed by atoms with Gasteiger partial charge in [-0.05, 0) is 24.1 Å². The lowest BCUT2D eigenvalue weighted by molar-refractivity contribution is 0.591. The van der Waals surface area contributed by atoms with E-state index in [0.29, 0.717) is 5.69 Å². The van der Waals surface area contributed by atoms with E-state index < -0.39 is 15.8 Å². The van der Waals surface area contributed by atoms with E-state index in [-0.39, 0.29) is 11.3 Å². The Morgan fingerprint density at radius 3 is 2.25 bits per heavy atom. The molecule has 2 rings (SSSR count). The fraction of sp³-hybridized carbons (Fsp3) is 0.200. The maximum absolute atomic E-state index is 13.5.